The summed E-state index contributed by atoms with van der Waals surface area (Å²) in [6.45, 7) is 2.26. The molecule has 1 fully saturated rings. The van der Waals surface area contributed by atoms with Crippen molar-refractivity contribution in [1.82, 2.24) is 0 Å². The lowest BCUT2D eigenvalue weighted by atomic mass is 9.73. The Kier molecular flexibility index (Phi) is 2.81. The topological polar surface area (TPSA) is 35.2 Å². The van der Waals surface area contributed by atoms with Gasteiger partial charge in [-0.2, -0.15) is 0 Å². The fourth-order valence-electron chi connectivity index (χ4n) is 3.58. The maximum absolute atomic E-state index is 13.3. The number of hydrogen-bond donors (Lipinski definition) is 1. The van der Waals surface area contributed by atoms with Crippen LogP contribution in [0.5, 0.6) is 5.75 Å². The smallest absolute Gasteiger partial charge is 0.127 e. The molecule has 98 valence electrons. The van der Waals surface area contributed by atoms with Gasteiger partial charge in [0.1, 0.15) is 17.2 Å². The number of fused-ring (bicyclic) bond motifs is 1. The first kappa shape index (κ1) is 12.0. The van der Waals surface area contributed by atoms with Crippen molar-refractivity contribution in [3.8, 4) is 5.75 Å². The van der Waals surface area contributed by atoms with Gasteiger partial charge in [-0.1, -0.05) is 19.4 Å². The summed E-state index contributed by atoms with van der Waals surface area (Å²) in [5.41, 5.74) is 7.03. The van der Waals surface area contributed by atoms with Gasteiger partial charge < -0.3 is 10.5 Å². The van der Waals surface area contributed by atoms with Crippen molar-refractivity contribution < 1.29 is 9.13 Å². The third kappa shape index (κ3) is 2.01. The van der Waals surface area contributed by atoms with E-state index >= 15 is 0 Å². The van der Waals surface area contributed by atoms with E-state index in [0.717, 1.165) is 24.8 Å². The molecule has 0 radical (unpaired) electrons. The molecule has 1 spiro atoms. The third-order valence-electron chi connectivity index (χ3n) is 4.34. The van der Waals surface area contributed by atoms with E-state index in [1.807, 2.05) is 0 Å². The molecule has 2 nitrogen and oxygen atoms in total. The minimum atomic E-state index is -0.248. The first-order chi connectivity index (χ1) is 8.58. The van der Waals surface area contributed by atoms with E-state index in [2.05, 4.69) is 6.92 Å². The number of nitrogens with two attached hydrogens (primary N) is 1. The highest BCUT2D eigenvalue weighted by molar-refractivity contribution is 5.39. The van der Waals surface area contributed by atoms with E-state index in [9.17, 15) is 4.39 Å². The first-order valence-corrected chi connectivity index (χ1v) is 6.82. The van der Waals surface area contributed by atoms with Crippen LogP contribution >= 0.6 is 0 Å². The Balaban J connectivity index is 1.94. The molecule has 1 saturated carbocycles. The van der Waals surface area contributed by atoms with Crippen LogP contribution in [0.3, 0.4) is 0 Å². The third-order valence-corrected chi connectivity index (χ3v) is 4.34. The van der Waals surface area contributed by atoms with Gasteiger partial charge in [-0.05, 0) is 31.2 Å². The molecule has 2 N–H and O–H groups in total. The van der Waals surface area contributed by atoms with Gasteiger partial charge in [-0.3, -0.25) is 0 Å². The standard InChI is InChI=1S/C15H20FNO/c1-10-3-2-6-15(8-10)9-13(17)12-5-4-11(16)7-14(12)18-15/h4-5,7,10,13H,2-3,6,8-9,17H2,1H3/t10?,13-,15?/m0/s1. The molecule has 2 aliphatic rings. The molecule has 2 unspecified atom stereocenters. The van der Waals surface area contributed by atoms with E-state index < -0.39 is 0 Å². The SMILES string of the molecule is CC1CCCC2(C1)C[C@H](N)c1ccc(F)cc1O2. The Hall–Kier alpha value is -1.09. The first-order valence-electron chi connectivity index (χ1n) is 6.82. The quantitative estimate of drug-likeness (QED) is 0.763. The van der Waals surface area contributed by atoms with Gasteiger partial charge in [0.15, 0.2) is 0 Å². The molecule has 1 aliphatic heterocycles. The van der Waals surface area contributed by atoms with Crippen LogP contribution in [-0.2, 0) is 0 Å². The molecule has 0 aromatic heterocycles. The molecule has 3 heteroatoms. The zero-order valence-electron chi connectivity index (χ0n) is 10.8. The molecular formula is C15H20FNO. The van der Waals surface area contributed by atoms with Crippen molar-refractivity contribution in [2.75, 3.05) is 0 Å². The van der Waals surface area contributed by atoms with Crippen molar-refractivity contribution in [1.29, 1.82) is 0 Å². The van der Waals surface area contributed by atoms with Crippen molar-refractivity contribution in [3.63, 3.8) is 0 Å². The van der Waals surface area contributed by atoms with Gasteiger partial charge in [0.25, 0.3) is 0 Å². The summed E-state index contributed by atoms with van der Waals surface area (Å²) in [6.07, 6.45) is 5.38. The van der Waals surface area contributed by atoms with E-state index in [0.29, 0.717) is 11.7 Å². The molecule has 18 heavy (non-hydrogen) atoms. The molecule has 3 atom stereocenters. The van der Waals surface area contributed by atoms with E-state index in [-0.39, 0.29) is 17.5 Å². The largest absolute Gasteiger partial charge is 0.487 e. The maximum atomic E-state index is 13.3. The van der Waals surface area contributed by atoms with Crippen LogP contribution in [0.25, 0.3) is 0 Å². The highest BCUT2D eigenvalue weighted by atomic mass is 19.1. The Labute approximate surface area is 107 Å². The van der Waals surface area contributed by atoms with Crippen LogP contribution in [0.4, 0.5) is 4.39 Å². The minimum absolute atomic E-state index is 0.0281. The second-order valence-electron chi connectivity index (χ2n) is 5.98. The Bertz CT molecular complexity index is 462. The lowest BCUT2D eigenvalue weighted by Crippen LogP contribution is -2.46. The molecular weight excluding hydrogens is 229 g/mol. The average Bonchev–Trinajstić information content (AvgIpc) is 2.27. The molecule has 1 aromatic carbocycles. The Morgan fingerprint density at radius 1 is 1.39 bits per heavy atom. The summed E-state index contributed by atoms with van der Waals surface area (Å²) in [6, 6.07) is 4.67. The molecule has 0 amide bonds. The van der Waals surface area contributed by atoms with Gasteiger partial charge in [0.05, 0.1) is 0 Å². The Morgan fingerprint density at radius 2 is 2.22 bits per heavy atom. The van der Waals surface area contributed by atoms with Crippen molar-refractivity contribution >= 4 is 0 Å². The van der Waals surface area contributed by atoms with Gasteiger partial charge in [-0.25, -0.2) is 4.39 Å². The summed E-state index contributed by atoms with van der Waals surface area (Å²) in [7, 11) is 0. The average molecular weight is 249 g/mol. The maximum Gasteiger partial charge on any atom is 0.127 e. The summed E-state index contributed by atoms with van der Waals surface area (Å²) in [5, 5.41) is 0. The van der Waals surface area contributed by atoms with Crippen molar-refractivity contribution in [2.45, 2.75) is 50.7 Å². The highest BCUT2D eigenvalue weighted by Gasteiger charge is 2.42. The summed E-state index contributed by atoms with van der Waals surface area (Å²) in [5.74, 6) is 1.07. The molecule has 3 rings (SSSR count). The lowest BCUT2D eigenvalue weighted by molar-refractivity contribution is -0.0142. The van der Waals surface area contributed by atoms with E-state index in [1.165, 1.54) is 25.0 Å². The van der Waals surface area contributed by atoms with Gasteiger partial charge >= 0.3 is 0 Å². The van der Waals surface area contributed by atoms with Crippen LogP contribution in [0.15, 0.2) is 18.2 Å². The van der Waals surface area contributed by atoms with Gasteiger partial charge in [0.2, 0.25) is 0 Å². The fourth-order valence-corrected chi connectivity index (χ4v) is 3.58. The number of ether oxygens (including phenoxy) is 1. The van der Waals surface area contributed by atoms with Crippen LogP contribution in [0.1, 0.15) is 50.6 Å². The second kappa shape index (κ2) is 4.23. The van der Waals surface area contributed by atoms with Crippen LogP contribution in [-0.4, -0.2) is 5.60 Å². The van der Waals surface area contributed by atoms with Crippen molar-refractivity contribution in [3.05, 3.63) is 29.6 Å². The normalized spacial score (nSPS) is 35.1. The van der Waals surface area contributed by atoms with Crippen LogP contribution in [0.2, 0.25) is 0 Å². The molecule has 0 bridgehead atoms. The monoisotopic (exact) mass is 249 g/mol. The van der Waals surface area contributed by atoms with Crippen LogP contribution < -0.4 is 10.5 Å². The van der Waals surface area contributed by atoms with Gasteiger partial charge in [-0.15, -0.1) is 0 Å². The predicted molar refractivity (Wildman–Crippen MR) is 68.9 cm³/mol. The molecule has 0 saturated heterocycles. The predicted octanol–water partition coefficient (Wildman–Crippen LogP) is 3.56. The number of benzene rings is 1. The van der Waals surface area contributed by atoms with Crippen molar-refractivity contribution in [2.24, 2.45) is 11.7 Å². The van der Waals surface area contributed by atoms with E-state index in [4.69, 9.17) is 10.5 Å². The molecule has 1 aromatic rings. The molecule has 1 heterocycles. The number of hydrogen-bond acceptors (Lipinski definition) is 2. The lowest BCUT2D eigenvalue weighted by Gasteiger charge is -2.45. The number of rotatable bonds is 0. The zero-order valence-corrected chi connectivity index (χ0v) is 10.8. The summed E-state index contributed by atoms with van der Waals surface area (Å²) < 4.78 is 19.5. The van der Waals surface area contributed by atoms with E-state index in [1.54, 1.807) is 6.07 Å². The fraction of sp³-hybridized carbons (Fsp3) is 0.600. The Morgan fingerprint density at radius 3 is 3.00 bits per heavy atom. The minimum Gasteiger partial charge on any atom is -0.487 e. The second-order valence-corrected chi connectivity index (χ2v) is 5.98. The summed E-state index contributed by atoms with van der Waals surface area (Å²) >= 11 is 0. The van der Waals surface area contributed by atoms with Gasteiger partial charge in [0, 0.05) is 24.1 Å². The zero-order chi connectivity index (χ0) is 12.8. The number of halogens is 1. The highest BCUT2D eigenvalue weighted by Crippen LogP contribution is 2.46. The molecule has 1 aliphatic carbocycles. The summed E-state index contributed by atoms with van der Waals surface area (Å²) in [4.78, 5) is 0. The van der Waals surface area contributed by atoms with Crippen LogP contribution in [0, 0.1) is 11.7 Å².